The van der Waals surface area contributed by atoms with Crippen LogP contribution in [-0.2, 0) is 11.8 Å². The number of piperidine rings is 1. The van der Waals surface area contributed by atoms with Crippen molar-refractivity contribution in [2.45, 2.75) is 45.3 Å². The summed E-state index contributed by atoms with van der Waals surface area (Å²) in [5.41, 5.74) is 0.0545. The quantitative estimate of drug-likeness (QED) is 0.845. The van der Waals surface area contributed by atoms with E-state index in [1.165, 1.54) is 0 Å². The van der Waals surface area contributed by atoms with Crippen LogP contribution >= 0.6 is 15.9 Å². The third-order valence-electron chi connectivity index (χ3n) is 3.60. The molecule has 0 aliphatic carbocycles. The Balaban J connectivity index is 1.85. The zero-order valence-corrected chi connectivity index (χ0v) is 15.5. The van der Waals surface area contributed by atoms with Crippen LogP contribution in [0.3, 0.4) is 0 Å². The van der Waals surface area contributed by atoms with Gasteiger partial charge in [-0.2, -0.15) is 5.10 Å². The second-order valence-corrected chi connectivity index (χ2v) is 7.44. The molecule has 0 spiro atoms. The molecular weight excluding hydrogens is 364 g/mol. The number of aromatic nitrogens is 2. The number of hydrogen-bond donors (Lipinski definition) is 1. The van der Waals surface area contributed by atoms with Gasteiger partial charge < -0.3 is 15.0 Å². The number of amides is 2. The van der Waals surface area contributed by atoms with E-state index in [4.69, 9.17) is 4.74 Å². The Kier molecular flexibility index (Phi) is 5.33. The molecule has 7 nitrogen and oxygen atoms in total. The molecule has 2 amide bonds. The van der Waals surface area contributed by atoms with Gasteiger partial charge in [-0.05, 0) is 49.5 Å². The number of likely N-dealkylation sites (tertiary alicyclic amines) is 1. The van der Waals surface area contributed by atoms with Crippen LogP contribution < -0.4 is 5.32 Å². The van der Waals surface area contributed by atoms with E-state index < -0.39 is 11.7 Å². The highest BCUT2D eigenvalue weighted by atomic mass is 79.9. The van der Waals surface area contributed by atoms with Crippen molar-refractivity contribution in [1.29, 1.82) is 0 Å². The van der Waals surface area contributed by atoms with Crippen LogP contribution in [0.5, 0.6) is 0 Å². The van der Waals surface area contributed by atoms with E-state index >= 15 is 0 Å². The highest BCUT2D eigenvalue weighted by Crippen LogP contribution is 2.20. The van der Waals surface area contributed by atoms with Gasteiger partial charge in [0.25, 0.3) is 5.91 Å². The third kappa shape index (κ3) is 4.70. The fourth-order valence-corrected chi connectivity index (χ4v) is 2.80. The Morgan fingerprint density at radius 2 is 1.96 bits per heavy atom. The van der Waals surface area contributed by atoms with Crippen LogP contribution in [0, 0.1) is 0 Å². The first-order chi connectivity index (χ1) is 10.7. The summed E-state index contributed by atoms with van der Waals surface area (Å²) in [6, 6.07) is 0.0336. The van der Waals surface area contributed by atoms with Crippen LogP contribution in [-0.4, -0.2) is 51.4 Å². The average Bonchev–Trinajstić information content (AvgIpc) is 2.77. The molecule has 1 aromatic heterocycles. The van der Waals surface area contributed by atoms with Crippen LogP contribution in [0.1, 0.15) is 44.0 Å². The molecule has 2 rings (SSSR count). The van der Waals surface area contributed by atoms with Gasteiger partial charge >= 0.3 is 6.09 Å². The molecule has 1 fully saturated rings. The van der Waals surface area contributed by atoms with Gasteiger partial charge in [0.2, 0.25) is 0 Å². The van der Waals surface area contributed by atoms with Crippen molar-refractivity contribution in [3.8, 4) is 0 Å². The van der Waals surface area contributed by atoms with Gasteiger partial charge in [-0.3, -0.25) is 9.48 Å². The lowest BCUT2D eigenvalue weighted by Crippen LogP contribution is -2.47. The lowest BCUT2D eigenvalue weighted by atomic mass is 10.0. The van der Waals surface area contributed by atoms with E-state index in [1.807, 2.05) is 20.8 Å². The molecular formula is C15H23BrN4O3. The predicted octanol–water partition coefficient (Wildman–Crippen LogP) is 2.31. The topological polar surface area (TPSA) is 76.5 Å². The lowest BCUT2D eigenvalue weighted by Gasteiger charge is -2.32. The molecule has 0 atom stereocenters. The SMILES string of the molecule is Cn1ncc(C(=O)N2CCC(NC(=O)OC(C)(C)C)CC2)c1Br. The number of halogens is 1. The van der Waals surface area contributed by atoms with E-state index in [0.29, 0.717) is 36.1 Å². The normalized spacial score (nSPS) is 16.3. The summed E-state index contributed by atoms with van der Waals surface area (Å²) < 4.78 is 7.55. The maximum Gasteiger partial charge on any atom is 0.407 e. The number of ether oxygens (including phenoxy) is 1. The van der Waals surface area contributed by atoms with E-state index in [0.717, 1.165) is 0 Å². The predicted molar refractivity (Wildman–Crippen MR) is 89.2 cm³/mol. The summed E-state index contributed by atoms with van der Waals surface area (Å²) in [6.07, 6.45) is 2.58. The molecule has 0 bridgehead atoms. The van der Waals surface area contributed by atoms with Crippen molar-refractivity contribution >= 4 is 27.9 Å². The monoisotopic (exact) mass is 386 g/mol. The summed E-state index contributed by atoms with van der Waals surface area (Å²) in [5, 5.41) is 6.93. The summed E-state index contributed by atoms with van der Waals surface area (Å²) >= 11 is 3.37. The first-order valence-electron chi connectivity index (χ1n) is 7.63. The Hall–Kier alpha value is -1.57. The first kappa shape index (κ1) is 17.8. The molecule has 8 heteroatoms. The molecule has 1 N–H and O–H groups in total. The van der Waals surface area contributed by atoms with E-state index in [9.17, 15) is 9.59 Å². The molecule has 1 aliphatic heterocycles. The molecule has 0 radical (unpaired) electrons. The fraction of sp³-hybridized carbons (Fsp3) is 0.667. The zero-order chi connectivity index (χ0) is 17.2. The third-order valence-corrected chi connectivity index (χ3v) is 4.54. The van der Waals surface area contributed by atoms with Crippen LogP contribution in [0.4, 0.5) is 4.79 Å². The number of carbonyl (C=O) groups excluding carboxylic acids is 2. The smallest absolute Gasteiger partial charge is 0.407 e. The molecule has 0 aromatic carbocycles. The summed E-state index contributed by atoms with van der Waals surface area (Å²) in [5.74, 6) is -0.0410. The molecule has 128 valence electrons. The van der Waals surface area contributed by atoms with Crippen molar-refractivity contribution in [2.24, 2.45) is 7.05 Å². The number of carbonyl (C=O) groups is 2. The minimum Gasteiger partial charge on any atom is -0.444 e. The van der Waals surface area contributed by atoms with Gasteiger partial charge in [0.05, 0.1) is 11.8 Å². The standard InChI is InChI=1S/C15H23BrN4O3/c1-15(2,3)23-14(22)18-10-5-7-20(8-6-10)13(21)11-9-17-19(4)12(11)16/h9-10H,5-8H2,1-4H3,(H,18,22). The molecule has 23 heavy (non-hydrogen) atoms. The second-order valence-electron chi connectivity index (χ2n) is 6.69. The molecule has 0 unspecified atom stereocenters. The molecule has 1 aliphatic rings. The number of nitrogens with one attached hydrogen (secondary N) is 1. The minimum atomic E-state index is -0.507. The first-order valence-corrected chi connectivity index (χ1v) is 8.43. The van der Waals surface area contributed by atoms with Gasteiger partial charge in [-0.25, -0.2) is 4.79 Å². The van der Waals surface area contributed by atoms with Crippen LogP contribution in [0.25, 0.3) is 0 Å². The number of rotatable bonds is 2. The Morgan fingerprint density at radius 1 is 1.35 bits per heavy atom. The summed E-state index contributed by atoms with van der Waals surface area (Å²) in [7, 11) is 1.78. The van der Waals surface area contributed by atoms with Gasteiger partial charge in [0.1, 0.15) is 10.2 Å². The van der Waals surface area contributed by atoms with Gasteiger partial charge in [0.15, 0.2) is 0 Å². The van der Waals surface area contributed by atoms with Crippen molar-refractivity contribution in [3.63, 3.8) is 0 Å². The molecule has 0 saturated carbocycles. The lowest BCUT2D eigenvalue weighted by molar-refractivity contribution is 0.0473. The van der Waals surface area contributed by atoms with Crippen molar-refractivity contribution < 1.29 is 14.3 Å². The minimum absolute atomic E-state index is 0.0336. The molecule has 1 aromatic rings. The van der Waals surface area contributed by atoms with Crippen molar-refractivity contribution in [3.05, 3.63) is 16.4 Å². The Labute approximate surface area is 144 Å². The Morgan fingerprint density at radius 3 is 2.43 bits per heavy atom. The van der Waals surface area contributed by atoms with E-state index in [1.54, 1.807) is 22.8 Å². The highest BCUT2D eigenvalue weighted by molar-refractivity contribution is 9.10. The van der Waals surface area contributed by atoms with Gasteiger partial charge in [0, 0.05) is 26.2 Å². The maximum atomic E-state index is 12.5. The number of alkyl carbamates (subject to hydrolysis) is 1. The highest BCUT2D eigenvalue weighted by Gasteiger charge is 2.27. The van der Waals surface area contributed by atoms with Crippen LogP contribution in [0.15, 0.2) is 10.8 Å². The Bertz CT molecular complexity index is 586. The van der Waals surface area contributed by atoms with Crippen molar-refractivity contribution in [1.82, 2.24) is 20.0 Å². The average molecular weight is 387 g/mol. The van der Waals surface area contributed by atoms with Gasteiger partial charge in [-0.1, -0.05) is 0 Å². The molecule has 1 saturated heterocycles. The fourth-order valence-electron chi connectivity index (χ4n) is 2.44. The molecule has 2 heterocycles. The maximum absolute atomic E-state index is 12.5. The summed E-state index contributed by atoms with van der Waals surface area (Å²) in [4.78, 5) is 26.0. The number of hydrogen-bond acceptors (Lipinski definition) is 4. The number of nitrogens with zero attached hydrogens (tertiary/aromatic N) is 3. The van der Waals surface area contributed by atoms with E-state index in [2.05, 4.69) is 26.3 Å². The van der Waals surface area contributed by atoms with Gasteiger partial charge in [-0.15, -0.1) is 0 Å². The number of aryl methyl sites for hydroxylation is 1. The van der Waals surface area contributed by atoms with E-state index in [-0.39, 0.29) is 11.9 Å². The van der Waals surface area contributed by atoms with Crippen LogP contribution in [0.2, 0.25) is 0 Å². The van der Waals surface area contributed by atoms with Crippen molar-refractivity contribution in [2.75, 3.05) is 13.1 Å². The second kappa shape index (κ2) is 6.90. The zero-order valence-electron chi connectivity index (χ0n) is 13.9. The largest absolute Gasteiger partial charge is 0.444 e. The summed E-state index contributed by atoms with van der Waals surface area (Å²) in [6.45, 7) is 6.69.